The maximum Gasteiger partial charge on any atom is 0.164 e. The van der Waals surface area contributed by atoms with Crippen LogP contribution in [0.5, 0.6) is 0 Å². The molecule has 0 aliphatic heterocycles. The molecule has 4 heteroatoms. The molecule has 0 saturated carbocycles. The van der Waals surface area contributed by atoms with Crippen molar-refractivity contribution in [3.05, 3.63) is 157 Å². The van der Waals surface area contributed by atoms with E-state index in [1.54, 1.807) is 0 Å². The minimum atomic E-state index is -1.32. The number of hydrogen-bond acceptors (Lipinski definition) is 3. The third kappa shape index (κ3) is 8.20. The topological polar surface area (TPSA) is 38.7 Å². The van der Waals surface area contributed by atoms with Crippen molar-refractivity contribution in [1.82, 2.24) is 15.0 Å². The van der Waals surface area contributed by atoms with Crippen LogP contribution in [0, 0.1) is 0 Å². The summed E-state index contributed by atoms with van der Waals surface area (Å²) in [5.74, 6) is 1.98. The van der Waals surface area contributed by atoms with Gasteiger partial charge in [0.05, 0.1) is 8.07 Å². The van der Waals surface area contributed by atoms with E-state index in [1.165, 1.54) is 38.6 Å². The lowest BCUT2D eigenvalue weighted by atomic mass is 9.86. The van der Waals surface area contributed by atoms with Crippen LogP contribution in [-0.2, 0) is 10.8 Å². The Morgan fingerprint density at radius 1 is 0.333 bits per heavy atom. The fourth-order valence-corrected chi connectivity index (χ4v) is 7.90. The van der Waals surface area contributed by atoms with Crippen LogP contribution in [-0.4, -0.2) is 23.0 Å². The second-order valence-corrected chi connectivity index (χ2v) is 22.6. The molecule has 0 N–H and O–H groups in total. The summed E-state index contributed by atoms with van der Waals surface area (Å²) >= 11 is 0. The third-order valence-electron chi connectivity index (χ3n) is 10.3. The molecule has 1 aromatic heterocycles. The summed E-state index contributed by atoms with van der Waals surface area (Å²) in [6.07, 6.45) is 0. The summed E-state index contributed by atoms with van der Waals surface area (Å²) in [6.45, 7) is 20.6. The van der Waals surface area contributed by atoms with Crippen molar-refractivity contribution in [3.8, 4) is 67.5 Å². The van der Waals surface area contributed by atoms with E-state index in [2.05, 4.69) is 207 Å². The first-order chi connectivity index (χ1) is 25.6. The van der Waals surface area contributed by atoms with E-state index in [0.717, 1.165) is 27.8 Å². The van der Waals surface area contributed by atoms with Crippen molar-refractivity contribution in [3.63, 3.8) is 0 Å². The van der Waals surface area contributed by atoms with Crippen molar-refractivity contribution in [2.24, 2.45) is 0 Å². The Kier molecular flexibility index (Phi) is 9.84. The highest BCUT2D eigenvalue weighted by molar-refractivity contribution is 6.88. The number of rotatable bonds is 7. The van der Waals surface area contributed by atoms with E-state index < -0.39 is 8.07 Å². The average Bonchev–Trinajstić information content (AvgIpc) is 3.17. The molecular formula is C50H51N3Si. The monoisotopic (exact) mass is 721 g/mol. The number of hydrogen-bond donors (Lipinski definition) is 0. The molecule has 0 aliphatic carbocycles. The maximum atomic E-state index is 5.08. The predicted octanol–water partition coefficient (Wildman–Crippen LogP) is 13.0. The van der Waals surface area contributed by atoms with Crippen LogP contribution in [0.4, 0.5) is 0 Å². The van der Waals surface area contributed by atoms with Crippen molar-refractivity contribution in [1.29, 1.82) is 0 Å². The number of nitrogens with zero attached hydrogens (tertiary/aromatic N) is 3. The molecule has 0 saturated heterocycles. The van der Waals surface area contributed by atoms with Crippen LogP contribution in [0.3, 0.4) is 0 Å². The summed E-state index contributed by atoms with van der Waals surface area (Å²) < 4.78 is 0. The third-order valence-corrected chi connectivity index (χ3v) is 12.3. The van der Waals surface area contributed by atoms with Crippen molar-refractivity contribution >= 4 is 13.3 Å². The van der Waals surface area contributed by atoms with Gasteiger partial charge in [0.1, 0.15) is 0 Å². The molecule has 6 aromatic carbocycles. The molecule has 1 heterocycles. The van der Waals surface area contributed by atoms with Gasteiger partial charge >= 0.3 is 0 Å². The lowest BCUT2D eigenvalue weighted by molar-refractivity contribution is 0.590. The van der Waals surface area contributed by atoms with E-state index in [4.69, 9.17) is 15.0 Å². The van der Waals surface area contributed by atoms with Gasteiger partial charge in [0.15, 0.2) is 17.5 Å². The highest BCUT2D eigenvalue weighted by Gasteiger charge is 2.19. The zero-order chi connectivity index (χ0) is 38.3. The normalized spacial score (nSPS) is 12.2. The van der Waals surface area contributed by atoms with Gasteiger partial charge in [-0.05, 0) is 67.5 Å². The first-order valence-electron chi connectivity index (χ1n) is 19.0. The highest BCUT2D eigenvalue weighted by Crippen LogP contribution is 2.33. The summed E-state index contributed by atoms with van der Waals surface area (Å²) in [6, 6.07) is 52.6. The summed E-state index contributed by atoms with van der Waals surface area (Å²) in [7, 11) is -1.32. The van der Waals surface area contributed by atoms with Crippen LogP contribution in [0.1, 0.15) is 52.7 Å². The molecule has 3 nitrogen and oxygen atoms in total. The maximum absolute atomic E-state index is 5.08. The summed E-state index contributed by atoms with van der Waals surface area (Å²) in [5, 5.41) is 1.48. The van der Waals surface area contributed by atoms with Crippen LogP contribution < -0.4 is 5.19 Å². The molecule has 0 amide bonds. The van der Waals surface area contributed by atoms with E-state index in [9.17, 15) is 0 Å². The number of aromatic nitrogens is 3. The summed E-state index contributed by atoms with van der Waals surface area (Å²) in [5.41, 5.74) is 12.7. The van der Waals surface area contributed by atoms with E-state index in [0.29, 0.717) is 17.5 Å². The highest BCUT2D eigenvalue weighted by atomic mass is 28.3. The van der Waals surface area contributed by atoms with Gasteiger partial charge in [-0.15, -0.1) is 0 Å². The Hall–Kier alpha value is -5.45. The molecule has 54 heavy (non-hydrogen) atoms. The van der Waals surface area contributed by atoms with Gasteiger partial charge in [-0.25, -0.2) is 15.0 Å². The lowest BCUT2D eigenvalue weighted by Crippen LogP contribution is -2.37. The van der Waals surface area contributed by atoms with Crippen LogP contribution in [0.2, 0.25) is 19.6 Å². The average molecular weight is 722 g/mol. The van der Waals surface area contributed by atoms with E-state index in [-0.39, 0.29) is 10.8 Å². The minimum absolute atomic E-state index is 0.0594. The van der Waals surface area contributed by atoms with Crippen LogP contribution in [0.25, 0.3) is 67.5 Å². The Morgan fingerprint density at radius 2 is 0.630 bits per heavy atom. The standard InChI is InChI=1S/C50H51N3Si/c1-49(2,3)43-26-20-37(21-27-43)46-51-47(38-22-28-44(29-23-38)50(4,5)6)53-48(52-46)42-15-11-14-41(33-42)40-13-10-12-39(32-40)36-18-16-34(17-19-36)35-24-30-45(31-25-35)54(7,8)9/h10-33H,1-9H3. The quantitative estimate of drug-likeness (QED) is 0.154. The van der Waals surface area contributed by atoms with Gasteiger partial charge in [0, 0.05) is 16.7 Å². The molecule has 7 rings (SSSR count). The lowest BCUT2D eigenvalue weighted by Gasteiger charge is -2.19. The Balaban J connectivity index is 1.22. The molecule has 0 spiro atoms. The Bertz CT molecular complexity index is 2310. The Labute approximate surface area is 323 Å². The molecule has 0 atom stereocenters. The SMILES string of the molecule is CC(C)(C)c1ccc(-c2nc(-c3ccc(C(C)(C)C)cc3)nc(-c3cccc(-c4cccc(-c5ccc(-c6ccc([Si](C)(C)C)cc6)cc5)c4)c3)n2)cc1. The van der Waals surface area contributed by atoms with Gasteiger partial charge in [-0.2, -0.15) is 0 Å². The van der Waals surface area contributed by atoms with Crippen molar-refractivity contribution in [2.75, 3.05) is 0 Å². The van der Waals surface area contributed by atoms with Gasteiger partial charge in [-0.1, -0.05) is 200 Å². The first kappa shape index (κ1) is 36.9. The smallest absolute Gasteiger partial charge is 0.164 e. The van der Waals surface area contributed by atoms with E-state index >= 15 is 0 Å². The predicted molar refractivity (Wildman–Crippen MR) is 233 cm³/mol. The van der Waals surface area contributed by atoms with Crippen LogP contribution >= 0.6 is 0 Å². The second kappa shape index (κ2) is 14.4. The molecule has 0 aliphatic rings. The minimum Gasteiger partial charge on any atom is -0.208 e. The van der Waals surface area contributed by atoms with Crippen LogP contribution in [0.15, 0.2) is 146 Å². The van der Waals surface area contributed by atoms with Gasteiger partial charge < -0.3 is 0 Å². The Morgan fingerprint density at radius 3 is 1.02 bits per heavy atom. The second-order valence-electron chi connectivity index (χ2n) is 17.5. The zero-order valence-electron chi connectivity index (χ0n) is 33.2. The zero-order valence-corrected chi connectivity index (χ0v) is 34.2. The molecule has 0 bridgehead atoms. The molecule has 0 unspecified atom stereocenters. The largest absolute Gasteiger partial charge is 0.208 e. The van der Waals surface area contributed by atoms with Gasteiger partial charge in [-0.3, -0.25) is 0 Å². The van der Waals surface area contributed by atoms with Gasteiger partial charge in [0.2, 0.25) is 0 Å². The van der Waals surface area contributed by atoms with Gasteiger partial charge in [0.25, 0.3) is 0 Å². The molecule has 0 radical (unpaired) electrons. The molecule has 0 fully saturated rings. The van der Waals surface area contributed by atoms with Crippen molar-refractivity contribution < 1.29 is 0 Å². The fourth-order valence-electron chi connectivity index (χ4n) is 6.74. The molecule has 270 valence electrons. The number of benzene rings is 6. The van der Waals surface area contributed by atoms with Crippen molar-refractivity contribution in [2.45, 2.75) is 72.0 Å². The fraction of sp³-hybridized carbons (Fsp3) is 0.220. The van der Waals surface area contributed by atoms with E-state index in [1.807, 2.05) is 0 Å². The first-order valence-corrected chi connectivity index (χ1v) is 22.5. The molecule has 7 aromatic rings. The summed E-state index contributed by atoms with van der Waals surface area (Å²) in [4.78, 5) is 15.2. The molecular weight excluding hydrogens is 671 g/mol.